The van der Waals surface area contributed by atoms with Crippen LogP contribution in [-0.2, 0) is 4.79 Å². The maximum Gasteiger partial charge on any atom is 0.308 e. The van der Waals surface area contributed by atoms with Gasteiger partial charge in [-0.05, 0) is 32.7 Å². The molecule has 0 aromatic heterocycles. The Hall–Kier alpha value is -1.08. The fourth-order valence-corrected chi connectivity index (χ4v) is 2.06. The van der Waals surface area contributed by atoms with Gasteiger partial charge in [0.15, 0.2) is 0 Å². The molecule has 0 radical (unpaired) electrons. The fourth-order valence-electron chi connectivity index (χ4n) is 2.06. The van der Waals surface area contributed by atoms with Gasteiger partial charge in [0, 0.05) is 13.1 Å². The minimum Gasteiger partial charge on any atom is -0.481 e. The number of hydrogen-bond donors (Lipinski definition) is 1. The number of hydrogen-bond acceptors (Lipinski definition) is 3. The van der Waals surface area contributed by atoms with E-state index in [1.165, 1.54) is 0 Å². The highest BCUT2D eigenvalue weighted by Gasteiger charge is 2.34. The average Bonchev–Trinajstić information content (AvgIpc) is 2.57. The molecule has 1 aliphatic heterocycles. The summed E-state index contributed by atoms with van der Waals surface area (Å²) in [5.41, 5.74) is -0.315. The molecule has 16 heavy (non-hydrogen) atoms. The van der Waals surface area contributed by atoms with E-state index in [9.17, 15) is 4.79 Å². The molecule has 1 saturated heterocycles. The Labute approximate surface area is 96.9 Å². The van der Waals surface area contributed by atoms with Gasteiger partial charge in [0.05, 0.1) is 17.4 Å². The molecule has 1 aliphatic rings. The molecule has 0 aliphatic carbocycles. The second-order valence-electron chi connectivity index (χ2n) is 5.43. The van der Waals surface area contributed by atoms with E-state index in [4.69, 9.17) is 10.4 Å². The minimum absolute atomic E-state index is 0.211. The molecule has 4 heteroatoms. The molecule has 0 aromatic carbocycles. The molecule has 4 nitrogen and oxygen atoms in total. The standard InChI is InChI=1S/C12H20N2O2/c1-9-6-14(7-10(9)11(15)16)5-4-12(2,3)8-13/h9-10H,4-7H2,1-3H3,(H,15,16). The maximum absolute atomic E-state index is 10.9. The summed E-state index contributed by atoms with van der Waals surface area (Å²) in [7, 11) is 0. The molecule has 90 valence electrons. The normalized spacial score (nSPS) is 26.6. The zero-order chi connectivity index (χ0) is 12.3. The molecule has 0 bridgehead atoms. The predicted octanol–water partition coefficient (Wildman–Crippen LogP) is 1.58. The summed E-state index contributed by atoms with van der Waals surface area (Å²) in [4.78, 5) is 13.1. The molecule has 2 unspecified atom stereocenters. The van der Waals surface area contributed by atoms with Crippen molar-refractivity contribution < 1.29 is 9.90 Å². The summed E-state index contributed by atoms with van der Waals surface area (Å²) >= 11 is 0. The zero-order valence-corrected chi connectivity index (χ0v) is 10.2. The van der Waals surface area contributed by atoms with Gasteiger partial charge in [-0.15, -0.1) is 0 Å². The van der Waals surface area contributed by atoms with Gasteiger partial charge in [-0.25, -0.2) is 0 Å². The second kappa shape index (κ2) is 4.84. The fraction of sp³-hybridized carbons (Fsp3) is 0.833. The van der Waals surface area contributed by atoms with E-state index >= 15 is 0 Å². The molecular formula is C12H20N2O2. The lowest BCUT2D eigenvalue weighted by atomic mass is 9.91. The molecule has 0 amide bonds. The Balaban J connectivity index is 2.43. The van der Waals surface area contributed by atoms with Gasteiger partial charge in [-0.3, -0.25) is 4.79 Å². The monoisotopic (exact) mass is 224 g/mol. The lowest BCUT2D eigenvalue weighted by molar-refractivity contribution is -0.142. The topological polar surface area (TPSA) is 64.3 Å². The third-order valence-electron chi connectivity index (χ3n) is 3.36. The summed E-state index contributed by atoms with van der Waals surface area (Å²) in [6.07, 6.45) is 0.794. The number of likely N-dealkylation sites (tertiary alicyclic amines) is 1. The lowest BCUT2D eigenvalue weighted by Gasteiger charge is -2.20. The third kappa shape index (κ3) is 3.21. The Kier molecular flexibility index (Phi) is 3.93. The first-order valence-electron chi connectivity index (χ1n) is 5.72. The predicted molar refractivity (Wildman–Crippen MR) is 60.7 cm³/mol. The number of carboxylic acids is 1. The molecule has 0 spiro atoms. The van der Waals surface area contributed by atoms with Crippen molar-refractivity contribution in [1.29, 1.82) is 5.26 Å². The zero-order valence-electron chi connectivity index (χ0n) is 10.2. The summed E-state index contributed by atoms with van der Waals surface area (Å²) in [5.74, 6) is -0.734. The van der Waals surface area contributed by atoms with Crippen LogP contribution in [0.15, 0.2) is 0 Å². The highest BCUT2D eigenvalue weighted by molar-refractivity contribution is 5.71. The second-order valence-corrected chi connectivity index (χ2v) is 5.43. The van der Waals surface area contributed by atoms with Gasteiger partial charge in [-0.2, -0.15) is 5.26 Å². The van der Waals surface area contributed by atoms with E-state index in [-0.39, 0.29) is 17.3 Å². The van der Waals surface area contributed by atoms with Crippen molar-refractivity contribution in [1.82, 2.24) is 4.90 Å². The van der Waals surface area contributed by atoms with Crippen LogP contribution in [0, 0.1) is 28.6 Å². The maximum atomic E-state index is 10.9. The Bertz CT molecular complexity index is 307. The number of carboxylic acid groups (broad SMARTS) is 1. The van der Waals surface area contributed by atoms with E-state index < -0.39 is 5.97 Å². The van der Waals surface area contributed by atoms with Crippen LogP contribution in [-0.4, -0.2) is 35.6 Å². The van der Waals surface area contributed by atoms with Gasteiger partial charge < -0.3 is 10.0 Å². The van der Waals surface area contributed by atoms with Crippen molar-refractivity contribution in [2.24, 2.45) is 17.3 Å². The first-order valence-corrected chi connectivity index (χ1v) is 5.72. The van der Waals surface area contributed by atoms with Gasteiger partial charge in [0.2, 0.25) is 0 Å². The molecule has 0 saturated carbocycles. The number of nitrogens with zero attached hydrogens (tertiary/aromatic N) is 2. The highest BCUT2D eigenvalue weighted by atomic mass is 16.4. The van der Waals surface area contributed by atoms with E-state index in [0.29, 0.717) is 6.54 Å². The largest absolute Gasteiger partial charge is 0.481 e. The molecule has 2 atom stereocenters. The summed E-state index contributed by atoms with van der Waals surface area (Å²) < 4.78 is 0. The summed E-state index contributed by atoms with van der Waals surface area (Å²) in [6.45, 7) is 8.09. The van der Waals surface area contributed by atoms with Crippen LogP contribution < -0.4 is 0 Å². The van der Waals surface area contributed by atoms with Crippen LogP contribution in [0.5, 0.6) is 0 Å². The van der Waals surface area contributed by atoms with Crippen molar-refractivity contribution in [3.05, 3.63) is 0 Å². The quantitative estimate of drug-likeness (QED) is 0.787. The van der Waals surface area contributed by atoms with E-state index in [0.717, 1.165) is 19.5 Å². The minimum atomic E-state index is -0.699. The average molecular weight is 224 g/mol. The van der Waals surface area contributed by atoms with Crippen molar-refractivity contribution in [2.45, 2.75) is 27.2 Å². The molecule has 1 heterocycles. The van der Waals surface area contributed by atoms with Gasteiger partial charge in [0.1, 0.15) is 0 Å². The highest BCUT2D eigenvalue weighted by Crippen LogP contribution is 2.26. The molecule has 0 aromatic rings. The van der Waals surface area contributed by atoms with Crippen molar-refractivity contribution in [3.63, 3.8) is 0 Å². The Morgan fingerprint density at radius 2 is 2.19 bits per heavy atom. The Morgan fingerprint density at radius 1 is 1.56 bits per heavy atom. The SMILES string of the molecule is CC1CN(CCC(C)(C)C#N)CC1C(=O)O. The first kappa shape index (κ1) is 13.0. The summed E-state index contributed by atoms with van der Waals surface area (Å²) in [5, 5.41) is 17.9. The van der Waals surface area contributed by atoms with Crippen LogP contribution >= 0.6 is 0 Å². The molecular weight excluding hydrogens is 204 g/mol. The van der Waals surface area contributed by atoms with Crippen LogP contribution in [0.25, 0.3) is 0 Å². The third-order valence-corrected chi connectivity index (χ3v) is 3.36. The van der Waals surface area contributed by atoms with Crippen LogP contribution in [0.1, 0.15) is 27.2 Å². The van der Waals surface area contributed by atoms with Crippen molar-refractivity contribution in [2.75, 3.05) is 19.6 Å². The number of aliphatic carboxylic acids is 1. The molecule has 1 fully saturated rings. The Morgan fingerprint density at radius 3 is 2.62 bits per heavy atom. The smallest absolute Gasteiger partial charge is 0.308 e. The number of nitriles is 1. The van der Waals surface area contributed by atoms with E-state index in [2.05, 4.69) is 11.0 Å². The van der Waals surface area contributed by atoms with E-state index in [1.54, 1.807) is 0 Å². The van der Waals surface area contributed by atoms with Crippen LogP contribution in [0.4, 0.5) is 0 Å². The first-order chi connectivity index (χ1) is 7.35. The van der Waals surface area contributed by atoms with Crippen molar-refractivity contribution in [3.8, 4) is 6.07 Å². The summed E-state index contributed by atoms with van der Waals surface area (Å²) in [6, 6.07) is 2.27. The number of rotatable bonds is 4. The van der Waals surface area contributed by atoms with Gasteiger partial charge in [0.25, 0.3) is 0 Å². The van der Waals surface area contributed by atoms with Crippen LogP contribution in [0.3, 0.4) is 0 Å². The number of carbonyl (C=O) groups is 1. The van der Waals surface area contributed by atoms with Crippen molar-refractivity contribution >= 4 is 5.97 Å². The lowest BCUT2D eigenvalue weighted by Crippen LogP contribution is -2.27. The van der Waals surface area contributed by atoms with Crippen LogP contribution in [0.2, 0.25) is 0 Å². The molecule has 1 N–H and O–H groups in total. The van der Waals surface area contributed by atoms with Gasteiger partial charge >= 0.3 is 5.97 Å². The van der Waals surface area contributed by atoms with Gasteiger partial charge in [-0.1, -0.05) is 6.92 Å². The van der Waals surface area contributed by atoms with E-state index in [1.807, 2.05) is 20.8 Å². The molecule has 1 rings (SSSR count).